The lowest BCUT2D eigenvalue weighted by Gasteiger charge is -2.26. The number of carbonyl (C=O) groups is 1. The maximum atomic E-state index is 12.4. The van der Waals surface area contributed by atoms with E-state index in [0.29, 0.717) is 18.7 Å². The van der Waals surface area contributed by atoms with Crippen LogP contribution in [-0.2, 0) is 13.0 Å². The Labute approximate surface area is 113 Å². The molecule has 1 aliphatic rings. The molecule has 0 aliphatic carbocycles. The van der Waals surface area contributed by atoms with Gasteiger partial charge < -0.3 is 9.42 Å². The van der Waals surface area contributed by atoms with Gasteiger partial charge >= 0.3 is 0 Å². The Hall–Kier alpha value is -1.62. The Kier molecular flexibility index (Phi) is 2.91. The predicted octanol–water partition coefficient (Wildman–Crippen LogP) is 2.64. The summed E-state index contributed by atoms with van der Waals surface area (Å²) in [5, 5.41) is 3.77. The van der Waals surface area contributed by atoms with Gasteiger partial charge in [-0.05, 0) is 28.1 Å². The molecule has 0 saturated carbocycles. The normalized spacial score (nSPS) is 14.4. The summed E-state index contributed by atoms with van der Waals surface area (Å²) < 4.78 is 5.94. The molecule has 0 saturated heterocycles. The van der Waals surface area contributed by atoms with Gasteiger partial charge in [0.25, 0.3) is 5.91 Å². The molecule has 0 bridgehead atoms. The van der Waals surface area contributed by atoms with Crippen molar-refractivity contribution in [2.45, 2.75) is 13.0 Å². The van der Waals surface area contributed by atoms with Crippen LogP contribution >= 0.6 is 15.9 Å². The van der Waals surface area contributed by atoms with E-state index in [1.165, 1.54) is 0 Å². The van der Waals surface area contributed by atoms with Crippen LogP contribution in [0.25, 0.3) is 0 Å². The SMILES string of the molecule is O=C(c1ccccc1Br)N1CCc2oncc2C1. The van der Waals surface area contributed by atoms with Crippen molar-refractivity contribution in [1.82, 2.24) is 10.1 Å². The summed E-state index contributed by atoms with van der Waals surface area (Å²) in [4.78, 5) is 14.2. The molecule has 0 fully saturated rings. The van der Waals surface area contributed by atoms with Crippen LogP contribution in [0.15, 0.2) is 39.5 Å². The van der Waals surface area contributed by atoms with Crippen molar-refractivity contribution < 1.29 is 9.32 Å². The number of halogens is 1. The second-order valence-electron chi connectivity index (χ2n) is 4.23. The quantitative estimate of drug-likeness (QED) is 0.813. The number of hydrogen-bond acceptors (Lipinski definition) is 3. The van der Waals surface area contributed by atoms with Gasteiger partial charge in [0.2, 0.25) is 0 Å². The van der Waals surface area contributed by atoms with Gasteiger partial charge in [0.15, 0.2) is 0 Å². The first kappa shape index (κ1) is 11.5. The number of amides is 1. The molecule has 4 nitrogen and oxygen atoms in total. The molecule has 2 aromatic rings. The van der Waals surface area contributed by atoms with E-state index in [1.807, 2.05) is 29.2 Å². The first-order valence-corrected chi connectivity index (χ1v) is 6.51. The zero-order valence-electron chi connectivity index (χ0n) is 9.60. The Morgan fingerprint density at radius 3 is 3.06 bits per heavy atom. The predicted molar refractivity (Wildman–Crippen MR) is 69.1 cm³/mol. The molecule has 2 heterocycles. The highest BCUT2D eigenvalue weighted by atomic mass is 79.9. The van der Waals surface area contributed by atoms with Crippen LogP contribution < -0.4 is 0 Å². The fraction of sp³-hybridized carbons (Fsp3) is 0.231. The number of hydrogen-bond donors (Lipinski definition) is 0. The van der Waals surface area contributed by atoms with Crippen LogP contribution in [0.2, 0.25) is 0 Å². The van der Waals surface area contributed by atoms with E-state index in [4.69, 9.17) is 4.52 Å². The van der Waals surface area contributed by atoms with E-state index in [2.05, 4.69) is 21.1 Å². The lowest BCUT2D eigenvalue weighted by Crippen LogP contribution is -2.35. The monoisotopic (exact) mass is 306 g/mol. The minimum Gasteiger partial charge on any atom is -0.361 e. The van der Waals surface area contributed by atoms with Crippen molar-refractivity contribution in [2.75, 3.05) is 6.54 Å². The molecular formula is C13H11BrN2O2. The smallest absolute Gasteiger partial charge is 0.255 e. The number of benzene rings is 1. The van der Waals surface area contributed by atoms with Crippen molar-refractivity contribution in [3.05, 3.63) is 51.8 Å². The summed E-state index contributed by atoms with van der Waals surface area (Å²) in [6.07, 6.45) is 2.42. The molecule has 1 aliphatic heterocycles. The first-order valence-electron chi connectivity index (χ1n) is 5.72. The number of carbonyl (C=O) groups excluding carboxylic acids is 1. The van der Waals surface area contributed by atoms with Crippen LogP contribution in [0.3, 0.4) is 0 Å². The van der Waals surface area contributed by atoms with Gasteiger partial charge in [0, 0.05) is 23.0 Å². The third-order valence-electron chi connectivity index (χ3n) is 3.09. The van der Waals surface area contributed by atoms with Crippen molar-refractivity contribution >= 4 is 21.8 Å². The topological polar surface area (TPSA) is 46.3 Å². The Balaban J connectivity index is 1.85. The Morgan fingerprint density at radius 2 is 2.22 bits per heavy atom. The van der Waals surface area contributed by atoms with Gasteiger partial charge in [0.1, 0.15) is 5.76 Å². The van der Waals surface area contributed by atoms with Crippen LogP contribution in [-0.4, -0.2) is 22.5 Å². The number of rotatable bonds is 1. The standard InChI is InChI=1S/C13H11BrN2O2/c14-11-4-2-1-3-10(11)13(17)16-6-5-12-9(8-16)7-15-18-12/h1-4,7H,5-6,8H2. The zero-order chi connectivity index (χ0) is 12.5. The number of fused-ring (bicyclic) bond motifs is 1. The summed E-state index contributed by atoms with van der Waals surface area (Å²) in [5.74, 6) is 0.931. The molecule has 18 heavy (non-hydrogen) atoms. The molecule has 0 spiro atoms. The van der Waals surface area contributed by atoms with E-state index >= 15 is 0 Å². The van der Waals surface area contributed by atoms with Crippen molar-refractivity contribution in [3.8, 4) is 0 Å². The van der Waals surface area contributed by atoms with Crippen LogP contribution in [0.1, 0.15) is 21.7 Å². The fourth-order valence-corrected chi connectivity index (χ4v) is 2.57. The highest BCUT2D eigenvalue weighted by Gasteiger charge is 2.25. The van der Waals surface area contributed by atoms with Crippen LogP contribution in [0, 0.1) is 0 Å². The molecular weight excluding hydrogens is 296 g/mol. The maximum Gasteiger partial charge on any atom is 0.255 e. The van der Waals surface area contributed by atoms with Crippen molar-refractivity contribution in [3.63, 3.8) is 0 Å². The molecule has 0 radical (unpaired) electrons. The summed E-state index contributed by atoms with van der Waals surface area (Å²) >= 11 is 3.41. The van der Waals surface area contributed by atoms with E-state index < -0.39 is 0 Å². The van der Waals surface area contributed by atoms with Gasteiger partial charge in [0.05, 0.1) is 18.3 Å². The second kappa shape index (κ2) is 4.57. The minimum atomic E-state index is 0.0364. The van der Waals surface area contributed by atoms with Gasteiger partial charge in [-0.25, -0.2) is 0 Å². The third kappa shape index (κ3) is 1.95. The maximum absolute atomic E-state index is 12.4. The Morgan fingerprint density at radius 1 is 1.39 bits per heavy atom. The van der Waals surface area contributed by atoms with E-state index in [-0.39, 0.29) is 5.91 Å². The second-order valence-corrected chi connectivity index (χ2v) is 5.09. The van der Waals surface area contributed by atoms with E-state index in [1.54, 1.807) is 6.20 Å². The number of aromatic nitrogens is 1. The summed E-state index contributed by atoms with van der Waals surface area (Å²) in [5.41, 5.74) is 1.69. The average Bonchev–Trinajstić information content (AvgIpc) is 2.85. The lowest BCUT2D eigenvalue weighted by atomic mass is 10.1. The summed E-state index contributed by atoms with van der Waals surface area (Å²) in [6, 6.07) is 7.47. The summed E-state index contributed by atoms with van der Waals surface area (Å²) in [7, 11) is 0. The average molecular weight is 307 g/mol. The zero-order valence-corrected chi connectivity index (χ0v) is 11.2. The highest BCUT2D eigenvalue weighted by Crippen LogP contribution is 2.23. The molecule has 1 aromatic carbocycles. The molecule has 0 N–H and O–H groups in total. The molecule has 0 unspecified atom stereocenters. The first-order chi connectivity index (χ1) is 8.75. The van der Waals surface area contributed by atoms with Crippen molar-refractivity contribution in [1.29, 1.82) is 0 Å². The molecule has 3 rings (SSSR count). The fourth-order valence-electron chi connectivity index (χ4n) is 2.12. The summed E-state index contributed by atoms with van der Waals surface area (Å²) in [6.45, 7) is 1.24. The van der Waals surface area contributed by atoms with Crippen LogP contribution in [0.5, 0.6) is 0 Å². The molecule has 1 amide bonds. The Bertz CT molecular complexity index is 594. The largest absolute Gasteiger partial charge is 0.361 e. The van der Waals surface area contributed by atoms with Gasteiger partial charge in [-0.3, -0.25) is 4.79 Å². The van der Waals surface area contributed by atoms with E-state index in [9.17, 15) is 4.79 Å². The minimum absolute atomic E-state index is 0.0364. The number of nitrogens with zero attached hydrogens (tertiary/aromatic N) is 2. The molecule has 1 aromatic heterocycles. The molecule has 0 atom stereocenters. The van der Waals surface area contributed by atoms with Gasteiger partial charge in [-0.15, -0.1) is 0 Å². The lowest BCUT2D eigenvalue weighted by molar-refractivity contribution is 0.0728. The molecule has 92 valence electrons. The highest BCUT2D eigenvalue weighted by molar-refractivity contribution is 9.10. The van der Waals surface area contributed by atoms with Gasteiger partial charge in [-0.2, -0.15) is 0 Å². The van der Waals surface area contributed by atoms with E-state index in [0.717, 1.165) is 22.2 Å². The van der Waals surface area contributed by atoms with Gasteiger partial charge in [-0.1, -0.05) is 17.3 Å². The van der Waals surface area contributed by atoms with Crippen LogP contribution in [0.4, 0.5) is 0 Å². The third-order valence-corrected chi connectivity index (χ3v) is 3.78. The van der Waals surface area contributed by atoms with Crippen molar-refractivity contribution in [2.24, 2.45) is 0 Å². The molecule has 5 heteroatoms.